The highest BCUT2D eigenvalue weighted by Crippen LogP contribution is 2.27. The lowest BCUT2D eigenvalue weighted by Gasteiger charge is -2.33. The number of anilines is 2. The molecular formula is C23H25FN6O. The number of nitrogens with zero attached hydrogens (tertiary/aromatic N) is 4. The molecule has 4 N–H and O–H groups in total. The van der Waals surface area contributed by atoms with Crippen LogP contribution in [0.3, 0.4) is 0 Å². The number of aromatic nitrogens is 3. The van der Waals surface area contributed by atoms with Gasteiger partial charge in [0, 0.05) is 54.9 Å². The van der Waals surface area contributed by atoms with Crippen LogP contribution in [0.25, 0.3) is 11.3 Å². The molecule has 4 heterocycles. The van der Waals surface area contributed by atoms with Crippen LogP contribution >= 0.6 is 0 Å². The van der Waals surface area contributed by atoms with Crippen molar-refractivity contribution in [3.05, 3.63) is 65.6 Å². The van der Waals surface area contributed by atoms with Crippen molar-refractivity contribution < 1.29 is 9.18 Å². The molecule has 0 radical (unpaired) electrons. The summed E-state index contributed by atoms with van der Waals surface area (Å²) >= 11 is 0. The molecule has 31 heavy (non-hydrogen) atoms. The summed E-state index contributed by atoms with van der Waals surface area (Å²) in [6, 6.07) is 8.47. The zero-order valence-corrected chi connectivity index (χ0v) is 17.4. The molecule has 0 bridgehead atoms. The molecule has 0 aliphatic carbocycles. The number of halogens is 1. The molecule has 8 heteroatoms. The van der Waals surface area contributed by atoms with E-state index in [1.54, 1.807) is 43.6 Å². The summed E-state index contributed by atoms with van der Waals surface area (Å²) in [5, 5.41) is 0. The van der Waals surface area contributed by atoms with Crippen LogP contribution in [-0.2, 0) is 6.42 Å². The molecule has 4 rings (SSSR count). The van der Waals surface area contributed by atoms with Crippen LogP contribution < -0.4 is 16.4 Å². The predicted molar refractivity (Wildman–Crippen MR) is 118 cm³/mol. The number of carbonyl (C=O) groups excluding carboxylic acids is 1. The van der Waals surface area contributed by atoms with Crippen molar-refractivity contribution >= 4 is 17.2 Å². The third kappa shape index (κ3) is 4.54. The number of nitrogens with two attached hydrogens (primary N) is 2. The van der Waals surface area contributed by atoms with E-state index < -0.39 is 5.95 Å². The van der Waals surface area contributed by atoms with E-state index in [1.165, 1.54) is 0 Å². The van der Waals surface area contributed by atoms with E-state index in [-0.39, 0.29) is 35.2 Å². The Hall–Kier alpha value is -3.39. The van der Waals surface area contributed by atoms with Gasteiger partial charge in [0.25, 0.3) is 0 Å². The minimum atomic E-state index is -0.633. The molecule has 1 fully saturated rings. The average Bonchev–Trinajstić information content (AvgIpc) is 2.75. The summed E-state index contributed by atoms with van der Waals surface area (Å²) < 4.78 is 14.3. The van der Waals surface area contributed by atoms with Gasteiger partial charge >= 0.3 is 0 Å². The van der Waals surface area contributed by atoms with Crippen LogP contribution in [0.2, 0.25) is 0 Å². The van der Waals surface area contributed by atoms with Crippen LogP contribution in [-0.4, -0.2) is 39.9 Å². The Kier molecular flexibility index (Phi) is 5.90. The zero-order valence-electron chi connectivity index (χ0n) is 17.4. The Morgan fingerprint density at radius 2 is 2.06 bits per heavy atom. The lowest BCUT2D eigenvalue weighted by atomic mass is 10.0. The monoisotopic (exact) mass is 420 g/mol. The smallest absolute Gasteiger partial charge is 0.222 e. The molecule has 0 amide bonds. The fourth-order valence-electron chi connectivity index (χ4n) is 3.91. The molecule has 0 aromatic carbocycles. The van der Waals surface area contributed by atoms with Gasteiger partial charge in [0.05, 0.1) is 16.9 Å². The maximum absolute atomic E-state index is 14.3. The highest BCUT2D eigenvalue weighted by atomic mass is 19.1. The highest BCUT2D eigenvalue weighted by Gasteiger charge is 2.22. The molecule has 3 aromatic heterocycles. The quantitative estimate of drug-likeness (QED) is 0.482. The van der Waals surface area contributed by atoms with E-state index in [9.17, 15) is 9.18 Å². The van der Waals surface area contributed by atoms with Gasteiger partial charge in [-0.2, -0.15) is 4.39 Å². The number of piperidine rings is 1. The number of hydrogen-bond acceptors (Lipinski definition) is 7. The van der Waals surface area contributed by atoms with Gasteiger partial charge in [-0.3, -0.25) is 9.78 Å². The van der Waals surface area contributed by atoms with Crippen LogP contribution in [0.1, 0.15) is 34.6 Å². The van der Waals surface area contributed by atoms with Crippen molar-refractivity contribution in [3.8, 4) is 11.3 Å². The molecule has 1 aliphatic rings. The molecule has 160 valence electrons. The SMILES string of the molecule is Cc1ccc(-c2ccc(N)c(C(=O)Cc3cnccc3N3CCC[C@H](N)C3)n2)c(F)n1. The van der Waals surface area contributed by atoms with E-state index in [0.717, 1.165) is 37.2 Å². The summed E-state index contributed by atoms with van der Waals surface area (Å²) in [5.41, 5.74) is 15.4. The molecule has 1 saturated heterocycles. The van der Waals surface area contributed by atoms with E-state index in [2.05, 4.69) is 19.9 Å². The summed E-state index contributed by atoms with van der Waals surface area (Å²) in [6.45, 7) is 3.33. The summed E-state index contributed by atoms with van der Waals surface area (Å²) in [5.74, 6) is -0.887. The van der Waals surface area contributed by atoms with Gasteiger partial charge < -0.3 is 16.4 Å². The highest BCUT2D eigenvalue weighted by molar-refractivity contribution is 6.01. The van der Waals surface area contributed by atoms with Crippen molar-refractivity contribution in [1.82, 2.24) is 15.0 Å². The van der Waals surface area contributed by atoms with Crippen LogP contribution in [0.15, 0.2) is 42.7 Å². The second-order valence-electron chi connectivity index (χ2n) is 7.88. The Morgan fingerprint density at radius 3 is 2.84 bits per heavy atom. The second kappa shape index (κ2) is 8.77. The number of ketones is 1. The van der Waals surface area contributed by atoms with Crippen molar-refractivity contribution in [2.45, 2.75) is 32.2 Å². The first-order valence-electron chi connectivity index (χ1n) is 10.3. The first kappa shape index (κ1) is 20.9. The van der Waals surface area contributed by atoms with Gasteiger partial charge in [-0.25, -0.2) is 9.97 Å². The van der Waals surface area contributed by atoms with Crippen LogP contribution in [0.5, 0.6) is 0 Å². The number of carbonyl (C=O) groups is 1. The molecule has 0 unspecified atom stereocenters. The lowest BCUT2D eigenvalue weighted by molar-refractivity contribution is 0.0989. The molecular weight excluding hydrogens is 395 g/mol. The molecule has 7 nitrogen and oxygen atoms in total. The zero-order chi connectivity index (χ0) is 22.0. The number of rotatable bonds is 5. The minimum Gasteiger partial charge on any atom is -0.397 e. The average molecular weight is 420 g/mol. The van der Waals surface area contributed by atoms with Crippen molar-refractivity contribution in [2.24, 2.45) is 5.73 Å². The maximum Gasteiger partial charge on any atom is 0.222 e. The summed E-state index contributed by atoms with van der Waals surface area (Å²) in [4.78, 5) is 27.7. The van der Waals surface area contributed by atoms with Crippen molar-refractivity contribution in [2.75, 3.05) is 23.7 Å². The van der Waals surface area contributed by atoms with Gasteiger partial charge in [-0.15, -0.1) is 0 Å². The number of nitrogen functional groups attached to an aromatic ring is 1. The molecule has 1 aliphatic heterocycles. The van der Waals surface area contributed by atoms with Gasteiger partial charge in [0.1, 0.15) is 5.69 Å². The van der Waals surface area contributed by atoms with E-state index >= 15 is 0 Å². The molecule has 0 spiro atoms. The fraction of sp³-hybridized carbons (Fsp3) is 0.304. The predicted octanol–water partition coefficient (Wildman–Crippen LogP) is 2.92. The van der Waals surface area contributed by atoms with Gasteiger partial charge in [0.15, 0.2) is 5.78 Å². The Bertz CT molecular complexity index is 1120. The normalized spacial score (nSPS) is 16.4. The first-order chi connectivity index (χ1) is 14.9. The van der Waals surface area contributed by atoms with Crippen molar-refractivity contribution in [3.63, 3.8) is 0 Å². The number of aryl methyl sites for hydroxylation is 1. The number of hydrogen-bond donors (Lipinski definition) is 2. The van der Waals surface area contributed by atoms with E-state index in [0.29, 0.717) is 11.4 Å². The van der Waals surface area contributed by atoms with Crippen LogP contribution in [0, 0.1) is 12.9 Å². The third-order valence-electron chi connectivity index (χ3n) is 5.48. The van der Waals surface area contributed by atoms with E-state index in [4.69, 9.17) is 11.5 Å². The Labute approximate surface area is 180 Å². The Morgan fingerprint density at radius 1 is 1.23 bits per heavy atom. The lowest BCUT2D eigenvalue weighted by Crippen LogP contribution is -2.43. The van der Waals surface area contributed by atoms with E-state index in [1.807, 2.05) is 6.07 Å². The molecule has 3 aromatic rings. The van der Waals surface area contributed by atoms with Crippen LogP contribution in [0.4, 0.5) is 15.8 Å². The number of pyridine rings is 3. The van der Waals surface area contributed by atoms with Crippen molar-refractivity contribution in [1.29, 1.82) is 0 Å². The topological polar surface area (TPSA) is 111 Å². The number of Topliss-reactive ketones (excluding diaryl/α,β-unsaturated/α-hetero) is 1. The molecule has 0 saturated carbocycles. The fourth-order valence-corrected chi connectivity index (χ4v) is 3.91. The summed E-state index contributed by atoms with van der Waals surface area (Å²) in [7, 11) is 0. The largest absolute Gasteiger partial charge is 0.397 e. The summed E-state index contributed by atoms with van der Waals surface area (Å²) in [6.07, 6.45) is 5.49. The first-order valence-corrected chi connectivity index (χ1v) is 10.3. The maximum atomic E-state index is 14.3. The second-order valence-corrected chi connectivity index (χ2v) is 7.88. The Balaban J connectivity index is 1.63. The minimum absolute atomic E-state index is 0.0875. The van der Waals surface area contributed by atoms with Gasteiger partial charge in [0.2, 0.25) is 5.95 Å². The van der Waals surface area contributed by atoms with Gasteiger partial charge in [-0.1, -0.05) is 0 Å². The third-order valence-corrected chi connectivity index (χ3v) is 5.48. The molecule has 1 atom stereocenters. The standard InChI is InChI=1S/C23H25FN6O/c1-14-4-5-17(23(24)28-14)19-7-6-18(26)22(29-19)21(31)11-15-12-27-9-8-20(15)30-10-2-3-16(25)13-30/h4-9,12,16H,2-3,10-11,13,25-26H2,1H3/t16-/m0/s1. The van der Waals surface area contributed by atoms with Gasteiger partial charge in [-0.05, 0) is 50.1 Å².